The highest BCUT2D eigenvalue weighted by atomic mass is 16.3. The van der Waals surface area contributed by atoms with E-state index in [1.54, 1.807) is 4.90 Å². The number of hydrogen-bond donors (Lipinski definition) is 2. The third kappa shape index (κ3) is 2.33. The summed E-state index contributed by atoms with van der Waals surface area (Å²) >= 11 is 0. The summed E-state index contributed by atoms with van der Waals surface area (Å²) < 4.78 is 0. The molecule has 4 aliphatic carbocycles. The van der Waals surface area contributed by atoms with E-state index in [0.29, 0.717) is 18.4 Å². The number of rotatable bonds is 3. The van der Waals surface area contributed by atoms with Crippen LogP contribution in [0.25, 0.3) is 0 Å². The lowest BCUT2D eigenvalue weighted by molar-refractivity contribution is -0.732. The lowest BCUT2D eigenvalue weighted by Gasteiger charge is -2.58. The molecule has 1 aliphatic heterocycles. The lowest BCUT2D eigenvalue weighted by Crippen LogP contribution is -3.01. The molecule has 0 aromatic rings. The zero-order valence-electron chi connectivity index (χ0n) is 13.1. The van der Waals surface area contributed by atoms with Gasteiger partial charge in [0.25, 0.3) is 5.91 Å². The Morgan fingerprint density at radius 2 is 2.05 bits per heavy atom. The highest BCUT2D eigenvalue weighted by molar-refractivity contribution is 5.78. The number of quaternary nitrogens is 1. The highest BCUT2D eigenvalue weighted by Gasteiger charge is 2.59. The van der Waals surface area contributed by atoms with E-state index in [2.05, 4.69) is 11.4 Å². The summed E-state index contributed by atoms with van der Waals surface area (Å²) in [6.45, 7) is 1.17. The molecule has 1 amide bonds. The predicted octanol–water partition coefficient (Wildman–Crippen LogP) is 0.148. The molecule has 120 valence electrons. The predicted molar refractivity (Wildman–Crippen MR) is 79.5 cm³/mol. The Labute approximate surface area is 131 Å². The van der Waals surface area contributed by atoms with Crippen LogP contribution in [0.2, 0.25) is 0 Å². The Morgan fingerprint density at radius 3 is 2.68 bits per heavy atom. The summed E-state index contributed by atoms with van der Waals surface area (Å²) in [4.78, 5) is 14.2. The highest BCUT2D eigenvalue weighted by Crippen LogP contribution is 2.56. The first-order chi connectivity index (χ1) is 10.5. The second-order valence-electron chi connectivity index (χ2n) is 8.33. The Kier molecular flexibility index (Phi) is 3.25. The number of carbonyl (C=O) groups is 1. The van der Waals surface area contributed by atoms with Crippen LogP contribution in [0.1, 0.15) is 51.4 Å². The summed E-state index contributed by atoms with van der Waals surface area (Å²) in [5, 5.41) is 22.1. The van der Waals surface area contributed by atoms with E-state index in [4.69, 9.17) is 5.26 Å². The fourth-order valence-electron chi connectivity index (χ4n) is 6.14. The van der Waals surface area contributed by atoms with Crippen molar-refractivity contribution in [3.05, 3.63) is 0 Å². The van der Waals surface area contributed by atoms with Gasteiger partial charge in [-0.1, -0.05) is 0 Å². The molecule has 0 aromatic carbocycles. The van der Waals surface area contributed by atoms with Crippen LogP contribution in [0.5, 0.6) is 0 Å². The topological polar surface area (TPSA) is 80.9 Å². The minimum absolute atomic E-state index is 0.0797. The average Bonchev–Trinajstić information content (AvgIpc) is 2.90. The van der Waals surface area contributed by atoms with Gasteiger partial charge in [0.2, 0.25) is 0 Å². The van der Waals surface area contributed by atoms with Crippen LogP contribution >= 0.6 is 0 Å². The van der Waals surface area contributed by atoms with Gasteiger partial charge in [-0.05, 0) is 43.9 Å². The maximum atomic E-state index is 12.5. The van der Waals surface area contributed by atoms with Crippen molar-refractivity contribution in [1.29, 1.82) is 5.26 Å². The van der Waals surface area contributed by atoms with Crippen LogP contribution in [0, 0.1) is 23.2 Å². The molecule has 0 spiro atoms. The van der Waals surface area contributed by atoms with Crippen molar-refractivity contribution in [1.82, 2.24) is 4.90 Å². The molecule has 0 radical (unpaired) electrons. The molecule has 3 N–H and O–H groups in total. The third-order valence-corrected chi connectivity index (χ3v) is 6.51. The van der Waals surface area contributed by atoms with Crippen molar-refractivity contribution in [3.8, 4) is 6.07 Å². The number of likely N-dealkylation sites (tertiary alicyclic amines) is 1. The van der Waals surface area contributed by atoms with Gasteiger partial charge in [-0.2, -0.15) is 5.26 Å². The molecule has 4 saturated carbocycles. The number of amides is 1. The molecule has 1 heterocycles. The van der Waals surface area contributed by atoms with Crippen LogP contribution < -0.4 is 5.32 Å². The molecule has 0 aromatic heterocycles. The number of hydrogen-bond acceptors (Lipinski definition) is 3. The second-order valence-corrected chi connectivity index (χ2v) is 8.33. The van der Waals surface area contributed by atoms with Gasteiger partial charge in [0.1, 0.15) is 6.04 Å². The van der Waals surface area contributed by atoms with Crippen molar-refractivity contribution < 1.29 is 15.2 Å². The van der Waals surface area contributed by atoms with E-state index >= 15 is 0 Å². The normalized spacial score (nSPS) is 46.0. The summed E-state index contributed by atoms with van der Waals surface area (Å²) in [5.74, 6) is 1.40. The molecule has 3 unspecified atom stereocenters. The molecule has 22 heavy (non-hydrogen) atoms. The van der Waals surface area contributed by atoms with Crippen molar-refractivity contribution in [2.45, 2.75) is 68.5 Å². The largest absolute Gasteiger partial charge is 0.390 e. The van der Waals surface area contributed by atoms with Gasteiger partial charge in [-0.25, -0.2) is 0 Å². The molecular formula is C17H26N3O2+. The van der Waals surface area contributed by atoms with Crippen LogP contribution in [0.15, 0.2) is 0 Å². The maximum Gasteiger partial charge on any atom is 0.278 e. The van der Waals surface area contributed by atoms with Gasteiger partial charge in [-0.15, -0.1) is 0 Å². The summed E-state index contributed by atoms with van der Waals surface area (Å²) in [6.07, 6.45) is 8.12. The monoisotopic (exact) mass is 304 g/mol. The van der Waals surface area contributed by atoms with Crippen molar-refractivity contribution in [2.24, 2.45) is 11.8 Å². The zero-order chi connectivity index (χ0) is 15.4. The van der Waals surface area contributed by atoms with E-state index in [1.165, 1.54) is 6.42 Å². The van der Waals surface area contributed by atoms with Gasteiger partial charge in [-0.3, -0.25) is 4.79 Å². The Morgan fingerprint density at radius 1 is 1.32 bits per heavy atom. The number of aliphatic hydroxyl groups is 1. The Bertz CT molecular complexity index is 512. The molecule has 5 aliphatic rings. The third-order valence-electron chi connectivity index (χ3n) is 6.51. The molecule has 5 rings (SSSR count). The van der Waals surface area contributed by atoms with Crippen LogP contribution in [-0.4, -0.2) is 46.2 Å². The molecule has 5 fully saturated rings. The number of nitrogens with two attached hydrogens (primary N) is 1. The minimum atomic E-state index is -0.466. The molecule has 4 bridgehead atoms. The zero-order valence-corrected chi connectivity index (χ0v) is 13.1. The van der Waals surface area contributed by atoms with E-state index in [-0.39, 0.29) is 17.5 Å². The quantitative estimate of drug-likeness (QED) is 0.779. The van der Waals surface area contributed by atoms with E-state index in [1.807, 2.05) is 0 Å². The number of carbonyl (C=O) groups excluding carboxylic acids is 1. The first-order valence-electron chi connectivity index (χ1n) is 8.77. The first-order valence-corrected chi connectivity index (χ1v) is 8.77. The van der Waals surface area contributed by atoms with E-state index in [9.17, 15) is 9.90 Å². The molecule has 5 heteroatoms. The second kappa shape index (κ2) is 4.94. The summed E-state index contributed by atoms with van der Waals surface area (Å²) in [5.41, 5.74) is -0.386. The van der Waals surface area contributed by atoms with Gasteiger partial charge < -0.3 is 15.3 Å². The molecule has 1 saturated heterocycles. The SMILES string of the molecule is N#CC1CCCN1C(=O)C[NH2+]C12CC3CC(CC(O)(C3)C1)C2. The Hall–Kier alpha value is -1.12. The Balaban J connectivity index is 1.41. The standard InChI is InChI=1S/C17H25N3O2/c18-9-14-2-1-3-20(14)15(21)10-19-16-5-12-4-13(6-16)8-17(22,7-12)11-16/h12-14,19,22H,1-8,10-11H2/p+1. The van der Waals surface area contributed by atoms with Gasteiger partial charge >= 0.3 is 0 Å². The fraction of sp³-hybridized carbons (Fsp3) is 0.882. The van der Waals surface area contributed by atoms with Gasteiger partial charge in [0, 0.05) is 25.8 Å². The smallest absolute Gasteiger partial charge is 0.278 e. The van der Waals surface area contributed by atoms with Crippen LogP contribution in [-0.2, 0) is 4.79 Å². The van der Waals surface area contributed by atoms with Gasteiger partial charge in [0.15, 0.2) is 6.54 Å². The minimum Gasteiger partial charge on any atom is -0.390 e. The average molecular weight is 304 g/mol. The molecule has 5 nitrogen and oxygen atoms in total. The lowest BCUT2D eigenvalue weighted by atomic mass is 9.51. The van der Waals surface area contributed by atoms with Crippen molar-refractivity contribution >= 4 is 5.91 Å². The first kappa shape index (κ1) is 14.5. The van der Waals surface area contributed by atoms with Gasteiger partial charge in [0.05, 0.1) is 17.2 Å². The van der Waals surface area contributed by atoms with Crippen molar-refractivity contribution in [3.63, 3.8) is 0 Å². The van der Waals surface area contributed by atoms with Crippen molar-refractivity contribution in [2.75, 3.05) is 13.1 Å². The fourth-order valence-corrected chi connectivity index (χ4v) is 6.14. The van der Waals surface area contributed by atoms with E-state index in [0.717, 1.165) is 51.5 Å². The molecule has 3 atom stereocenters. The van der Waals surface area contributed by atoms with Crippen LogP contribution in [0.3, 0.4) is 0 Å². The van der Waals surface area contributed by atoms with E-state index < -0.39 is 5.60 Å². The van der Waals surface area contributed by atoms with Crippen LogP contribution in [0.4, 0.5) is 0 Å². The summed E-state index contributed by atoms with van der Waals surface area (Å²) in [7, 11) is 0. The molecular weight excluding hydrogens is 278 g/mol. The number of nitrogens with zero attached hydrogens (tertiary/aromatic N) is 2. The summed E-state index contributed by atoms with van der Waals surface area (Å²) in [6, 6.07) is 2.03. The maximum absolute atomic E-state index is 12.5. The number of nitriles is 1.